The van der Waals surface area contributed by atoms with Gasteiger partial charge < -0.3 is 20.0 Å². The summed E-state index contributed by atoms with van der Waals surface area (Å²) in [5.74, 6) is -0.755. The van der Waals surface area contributed by atoms with Gasteiger partial charge in [-0.1, -0.05) is 31.2 Å². The summed E-state index contributed by atoms with van der Waals surface area (Å²) in [6, 6.07) is 11.7. The molecule has 36 heavy (non-hydrogen) atoms. The second-order valence-electron chi connectivity index (χ2n) is 9.09. The highest BCUT2D eigenvalue weighted by Crippen LogP contribution is 2.24. The first-order valence-corrected chi connectivity index (χ1v) is 12.2. The Labute approximate surface area is 210 Å². The van der Waals surface area contributed by atoms with Crippen LogP contribution >= 0.6 is 0 Å². The van der Waals surface area contributed by atoms with Gasteiger partial charge in [-0.3, -0.25) is 19.2 Å². The molecule has 0 bridgehead atoms. The van der Waals surface area contributed by atoms with E-state index in [0.29, 0.717) is 37.3 Å². The van der Waals surface area contributed by atoms with E-state index >= 15 is 0 Å². The molecule has 0 aliphatic carbocycles. The van der Waals surface area contributed by atoms with Crippen molar-refractivity contribution in [3.05, 3.63) is 63.6 Å². The molecule has 2 aromatic carbocycles. The first-order valence-electron chi connectivity index (χ1n) is 12.2. The second kappa shape index (κ2) is 11.0. The third-order valence-electron chi connectivity index (χ3n) is 6.67. The van der Waals surface area contributed by atoms with Crippen LogP contribution in [0, 0.1) is 6.92 Å². The Morgan fingerprint density at radius 3 is 2.47 bits per heavy atom. The number of nitrogens with one attached hydrogen (secondary N) is 2. The molecule has 1 aromatic heterocycles. The van der Waals surface area contributed by atoms with E-state index < -0.39 is 5.76 Å². The number of fused-ring (bicyclic) bond motifs is 2. The number of rotatable bonds is 10. The molecule has 0 atom stereocenters. The van der Waals surface area contributed by atoms with Crippen molar-refractivity contribution in [3.8, 4) is 0 Å². The minimum Gasteiger partial charge on any atom is -0.408 e. The van der Waals surface area contributed by atoms with Crippen molar-refractivity contribution in [3.63, 3.8) is 0 Å². The van der Waals surface area contributed by atoms with Gasteiger partial charge in [-0.05, 0) is 42.3 Å². The van der Waals surface area contributed by atoms with Crippen LogP contribution in [0.25, 0.3) is 11.1 Å². The Balaban J connectivity index is 1.41. The molecule has 3 aromatic rings. The fourth-order valence-electron chi connectivity index (χ4n) is 4.38. The van der Waals surface area contributed by atoms with Crippen LogP contribution in [-0.4, -0.2) is 71.1 Å². The zero-order valence-corrected chi connectivity index (χ0v) is 21.3. The summed E-state index contributed by atoms with van der Waals surface area (Å²) in [7, 11) is 3.40. The maximum absolute atomic E-state index is 13.2. The molecule has 0 saturated carbocycles. The normalized spacial score (nSPS) is 13.1. The highest BCUT2D eigenvalue weighted by Gasteiger charge is 2.27. The summed E-state index contributed by atoms with van der Waals surface area (Å²) >= 11 is 0. The summed E-state index contributed by atoms with van der Waals surface area (Å²) in [5.41, 5.74) is 5.16. The Morgan fingerprint density at radius 1 is 1.11 bits per heavy atom. The summed E-state index contributed by atoms with van der Waals surface area (Å²) in [5, 5.41) is 10.0. The number of aryl methyl sites for hydroxylation is 2. The first kappa shape index (κ1) is 25.5. The third-order valence-corrected chi connectivity index (χ3v) is 6.67. The van der Waals surface area contributed by atoms with Crippen LogP contribution in [0.4, 0.5) is 5.69 Å². The summed E-state index contributed by atoms with van der Waals surface area (Å²) in [6.45, 7) is 7.03. The average Bonchev–Trinajstić information content (AvgIpc) is 3.41. The van der Waals surface area contributed by atoms with Crippen molar-refractivity contribution < 1.29 is 14.0 Å². The molecule has 0 saturated heterocycles. The second-order valence-corrected chi connectivity index (χ2v) is 9.09. The number of benzene rings is 2. The first-order chi connectivity index (χ1) is 17.3. The van der Waals surface area contributed by atoms with E-state index in [9.17, 15) is 14.4 Å². The Bertz CT molecular complexity index is 1290. The van der Waals surface area contributed by atoms with E-state index in [-0.39, 0.29) is 24.9 Å². The van der Waals surface area contributed by atoms with E-state index in [2.05, 4.69) is 22.8 Å². The van der Waals surface area contributed by atoms with Gasteiger partial charge in [-0.25, -0.2) is 9.80 Å². The monoisotopic (exact) mass is 494 g/mol. The number of oxazole rings is 1. The summed E-state index contributed by atoms with van der Waals surface area (Å²) in [4.78, 5) is 39.8. The molecule has 10 heteroatoms. The van der Waals surface area contributed by atoms with Crippen molar-refractivity contribution >= 4 is 28.6 Å². The quantitative estimate of drug-likeness (QED) is 0.414. The lowest BCUT2D eigenvalue weighted by atomic mass is 10.1. The minimum atomic E-state index is -0.434. The van der Waals surface area contributed by atoms with Crippen molar-refractivity contribution in [2.75, 3.05) is 45.1 Å². The molecule has 10 nitrogen and oxygen atoms in total. The lowest BCUT2D eigenvalue weighted by Gasteiger charge is -2.31. The standard InChI is InChI=1S/C26H34N6O4/c1-5-27-10-11-31(17-25(34)30(4)32-15-19-8-6-7-9-20(19)16-32)24(33)14-28-21-13-22-23(12-18(21)2)36-26(35)29(22)3/h6-9,12-13,27-28H,5,10-11,14-17H2,1-4H3. The number of nitrogens with zero attached hydrogens (tertiary/aromatic N) is 4. The van der Waals surface area contributed by atoms with Crippen LogP contribution < -0.4 is 16.4 Å². The summed E-state index contributed by atoms with van der Waals surface area (Å²) < 4.78 is 6.66. The van der Waals surface area contributed by atoms with Gasteiger partial charge in [0.05, 0.1) is 12.1 Å². The Hall–Kier alpha value is -3.63. The van der Waals surface area contributed by atoms with E-state index in [1.165, 1.54) is 15.7 Å². The molecule has 2 amide bonds. The van der Waals surface area contributed by atoms with Crippen molar-refractivity contribution in [2.24, 2.45) is 7.05 Å². The lowest BCUT2D eigenvalue weighted by molar-refractivity contribution is -0.151. The number of hydrogen-bond acceptors (Lipinski definition) is 7. The van der Waals surface area contributed by atoms with Crippen molar-refractivity contribution in [1.82, 2.24) is 24.8 Å². The third kappa shape index (κ3) is 5.44. The van der Waals surface area contributed by atoms with Gasteiger partial charge in [-0.15, -0.1) is 0 Å². The molecular weight excluding hydrogens is 460 g/mol. The zero-order chi connectivity index (χ0) is 25.8. The number of anilines is 1. The predicted octanol–water partition coefficient (Wildman–Crippen LogP) is 1.68. The van der Waals surface area contributed by atoms with E-state index in [1.807, 2.05) is 31.0 Å². The molecule has 192 valence electrons. The number of amides is 2. The van der Waals surface area contributed by atoms with Gasteiger partial charge in [-0.2, -0.15) is 0 Å². The van der Waals surface area contributed by atoms with Gasteiger partial charge in [0.15, 0.2) is 5.58 Å². The SMILES string of the molecule is CCNCCN(CC(=O)N(C)N1Cc2ccccc2C1)C(=O)CNc1cc2c(cc1C)oc(=O)n2C. The maximum atomic E-state index is 13.2. The van der Waals surface area contributed by atoms with E-state index in [1.54, 1.807) is 36.1 Å². The van der Waals surface area contributed by atoms with Gasteiger partial charge in [0, 0.05) is 46.0 Å². The predicted molar refractivity (Wildman–Crippen MR) is 138 cm³/mol. The molecule has 0 radical (unpaired) electrons. The average molecular weight is 495 g/mol. The highest BCUT2D eigenvalue weighted by molar-refractivity contribution is 5.87. The van der Waals surface area contributed by atoms with Gasteiger partial charge in [0.25, 0.3) is 5.91 Å². The number of carbonyl (C=O) groups excluding carboxylic acids is 2. The van der Waals surface area contributed by atoms with Crippen LogP contribution in [-0.2, 0) is 29.7 Å². The van der Waals surface area contributed by atoms with Gasteiger partial charge in [0.2, 0.25) is 5.91 Å². The zero-order valence-electron chi connectivity index (χ0n) is 21.3. The molecule has 2 N–H and O–H groups in total. The summed E-state index contributed by atoms with van der Waals surface area (Å²) in [6.07, 6.45) is 0. The van der Waals surface area contributed by atoms with Crippen LogP contribution in [0.5, 0.6) is 0 Å². The van der Waals surface area contributed by atoms with E-state index in [4.69, 9.17) is 4.42 Å². The lowest BCUT2D eigenvalue weighted by Crippen LogP contribution is -2.49. The molecule has 0 unspecified atom stereocenters. The van der Waals surface area contributed by atoms with E-state index in [0.717, 1.165) is 17.8 Å². The van der Waals surface area contributed by atoms with Crippen LogP contribution in [0.1, 0.15) is 23.6 Å². The molecule has 0 spiro atoms. The molecule has 4 rings (SSSR count). The molecular formula is C26H34N6O4. The fourth-order valence-corrected chi connectivity index (χ4v) is 4.38. The number of hydrogen-bond donors (Lipinski definition) is 2. The Morgan fingerprint density at radius 2 is 1.81 bits per heavy atom. The highest BCUT2D eigenvalue weighted by atomic mass is 16.4. The van der Waals surface area contributed by atoms with Crippen molar-refractivity contribution in [2.45, 2.75) is 26.9 Å². The Kier molecular flexibility index (Phi) is 7.76. The smallest absolute Gasteiger partial charge is 0.408 e. The minimum absolute atomic E-state index is 0.0104. The topological polar surface area (TPSA) is 103 Å². The molecule has 2 heterocycles. The maximum Gasteiger partial charge on any atom is 0.419 e. The van der Waals surface area contributed by atoms with Gasteiger partial charge in [0.1, 0.15) is 6.54 Å². The van der Waals surface area contributed by atoms with Crippen molar-refractivity contribution in [1.29, 1.82) is 0 Å². The van der Waals surface area contributed by atoms with Crippen LogP contribution in [0.3, 0.4) is 0 Å². The van der Waals surface area contributed by atoms with Crippen LogP contribution in [0.2, 0.25) is 0 Å². The number of aromatic nitrogens is 1. The fraction of sp³-hybridized carbons (Fsp3) is 0.423. The molecule has 1 aliphatic heterocycles. The number of likely N-dealkylation sites (N-methyl/N-ethyl adjacent to an activating group) is 2. The number of carbonyl (C=O) groups is 2. The van der Waals surface area contributed by atoms with Gasteiger partial charge >= 0.3 is 5.76 Å². The largest absolute Gasteiger partial charge is 0.419 e. The molecule has 1 aliphatic rings. The molecule has 0 fully saturated rings. The number of hydrazine groups is 1. The van der Waals surface area contributed by atoms with Crippen LogP contribution in [0.15, 0.2) is 45.6 Å².